The van der Waals surface area contributed by atoms with E-state index in [2.05, 4.69) is 289 Å². The number of benzene rings is 12. The largest absolute Gasteiger partial charge is 0.310 e. The molecule has 70 heavy (non-hydrogen) atoms. The lowest BCUT2D eigenvalue weighted by Crippen LogP contribution is -2.10. The van der Waals surface area contributed by atoms with Crippen LogP contribution in [0.1, 0.15) is 0 Å². The van der Waals surface area contributed by atoms with E-state index in [0.29, 0.717) is 0 Å². The smallest absolute Gasteiger partial charge is 0.0547 e. The second kappa shape index (κ2) is 17.4. The van der Waals surface area contributed by atoms with E-state index in [0.717, 1.165) is 39.4 Å². The Morgan fingerprint density at radius 3 is 1.39 bits per heavy atom. The number of aromatic nitrogens is 1. The predicted molar refractivity (Wildman–Crippen MR) is 298 cm³/mol. The van der Waals surface area contributed by atoms with Crippen LogP contribution < -0.4 is 4.90 Å². The van der Waals surface area contributed by atoms with Gasteiger partial charge in [0.05, 0.1) is 11.0 Å². The zero-order chi connectivity index (χ0) is 46.4. The van der Waals surface area contributed by atoms with E-state index in [1.54, 1.807) is 0 Å². The van der Waals surface area contributed by atoms with Crippen LogP contribution in [-0.2, 0) is 0 Å². The maximum atomic E-state index is 2.42. The first-order chi connectivity index (χ1) is 34.7. The number of hydrogen-bond donors (Lipinski definition) is 0. The Morgan fingerprint density at radius 2 is 0.700 bits per heavy atom. The van der Waals surface area contributed by atoms with Gasteiger partial charge in [-0.1, -0.05) is 212 Å². The molecule has 0 saturated heterocycles. The fraction of sp³-hybridized carbons (Fsp3) is 0. The first kappa shape index (κ1) is 41.0. The quantitative estimate of drug-likeness (QED) is 0.131. The maximum Gasteiger partial charge on any atom is 0.0547 e. The number of para-hydroxylation sites is 2. The van der Waals surface area contributed by atoms with Gasteiger partial charge < -0.3 is 9.47 Å². The molecule has 0 bridgehead atoms. The summed E-state index contributed by atoms with van der Waals surface area (Å²) < 4.78 is 2.39. The molecule has 2 heteroatoms. The molecule has 0 fully saturated rings. The third-order valence-corrected chi connectivity index (χ3v) is 13.9. The summed E-state index contributed by atoms with van der Waals surface area (Å²) in [5, 5.41) is 7.46. The molecule has 1 heterocycles. The number of anilines is 3. The summed E-state index contributed by atoms with van der Waals surface area (Å²) in [6.07, 6.45) is 0. The Labute approximate surface area is 408 Å². The Morgan fingerprint density at radius 1 is 0.243 bits per heavy atom. The van der Waals surface area contributed by atoms with Gasteiger partial charge in [0, 0.05) is 33.5 Å². The molecule has 12 aromatic carbocycles. The average Bonchev–Trinajstić information content (AvgIpc) is 3.79. The molecule has 328 valence electrons. The van der Waals surface area contributed by atoms with Gasteiger partial charge in [-0.25, -0.2) is 0 Å². The fourth-order valence-corrected chi connectivity index (χ4v) is 10.8. The topological polar surface area (TPSA) is 8.17 Å². The summed E-state index contributed by atoms with van der Waals surface area (Å²) >= 11 is 0. The molecular formula is C68H46N2. The van der Waals surface area contributed by atoms with Gasteiger partial charge in [-0.2, -0.15) is 0 Å². The van der Waals surface area contributed by atoms with Crippen molar-refractivity contribution in [2.75, 3.05) is 4.90 Å². The molecule has 0 N–H and O–H groups in total. The van der Waals surface area contributed by atoms with Crippen molar-refractivity contribution >= 4 is 60.4 Å². The van der Waals surface area contributed by atoms with E-state index in [1.165, 1.54) is 82.3 Å². The van der Waals surface area contributed by atoms with Gasteiger partial charge in [-0.05, 0) is 144 Å². The Kier molecular flexibility index (Phi) is 10.2. The van der Waals surface area contributed by atoms with Crippen LogP contribution in [0.15, 0.2) is 279 Å². The molecular weight excluding hydrogens is 845 g/mol. The Hall–Kier alpha value is -9.24. The van der Waals surface area contributed by atoms with Crippen LogP contribution in [0.25, 0.3) is 105 Å². The van der Waals surface area contributed by atoms with Crippen LogP contribution >= 0.6 is 0 Å². The van der Waals surface area contributed by atoms with E-state index < -0.39 is 0 Å². The molecule has 0 saturated carbocycles. The zero-order valence-corrected chi connectivity index (χ0v) is 38.5. The fourth-order valence-electron chi connectivity index (χ4n) is 10.8. The van der Waals surface area contributed by atoms with Crippen LogP contribution in [0.5, 0.6) is 0 Å². The SMILES string of the molecule is c1ccc(-c2ccc(N(c3cccc(-c4ccc5c(c4)c(-c4ccccc4)c(-c4ccccc4)c4ccccc45)c3)c3cccc(-c4cccc5c4c4ccccc4n5-c4ccccc4)c3)cc2)cc1. The van der Waals surface area contributed by atoms with Gasteiger partial charge in [-0.3, -0.25) is 0 Å². The van der Waals surface area contributed by atoms with Gasteiger partial charge in [0.15, 0.2) is 0 Å². The highest BCUT2D eigenvalue weighted by Crippen LogP contribution is 2.47. The third-order valence-electron chi connectivity index (χ3n) is 13.9. The molecule has 2 nitrogen and oxygen atoms in total. The molecule has 0 amide bonds. The highest BCUT2D eigenvalue weighted by Gasteiger charge is 2.21. The first-order valence-electron chi connectivity index (χ1n) is 24.1. The Balaban J connectivity index is 0.990. The lowest BCUT2D eigenvalue weighted by Gasteiger charge is -2.27. The van der Waals surface area contributed by atoms with Crippen molar-refractivity contribution in [3.63, 3.8) is 0 Å². The lowest BCUT2D eigenvalue weighted by atomic mass is 9.84. The van der Waals surface area contributed by atoms with Crippen molar-refractivity contribution in [1.29, 1.82) is 0 Å². The molecule has 0 spiro atoms. The average molecular weight is 891 g/mol. The molecule has 0 aliphatic heterocycles. The highest BCUT2D eigenvalue weighted by molar-refractivity contribution is 6.22. The lowest BCUT2D eigenvalue weighted by molar-refractivity contribution is 1.18. The standard InChI is InChI=1S/C68H46N2/c1-5-20-47(21-6-1)48-38-41-55(42-39-48)69(57-31-18-27-53(45-57)58-35-19-37-65-68(58)62-34-15-16-36-64(62)70(65)54-28-11-4-12-29-54)56-30-17-26-51(44-56)52-40-43-60-59-32-13-14-33-61(59)66(49-22-7-2-8-23-49)67(63(60)46-52)50-24-9-3-10-25-50/h1-46H. The van der Waals surface area contributed by atoms with Crippen molar-refractivity contribution < 1.29 is 0 Å². The normalized spacial score (nSPS) is 11.4. The van der Waals surface area contributed by atoms with Gasteiger partial charge in [-0.15, -0.1) is 0 Å². The monoisotopic (exact) mass is 890 g/mol. The molecule has 0 aliphatic carbocycles. The first-order valence-corrected chi connectivity index (χ1v) is 24.1. The van der Waals surface area contributed by atoms with Crippen LogP contribution in [0.4, 0.5) is 17.1 Å². The number of fused-ring (bicyclic) bond motifs is 6. The molecule has 13 rings (SSSR count). The minimum absolute atomic E-state index is 1.08. The van der Waals surface area contributed by atoms with Crippen molar-refractivity contribution in [1.82, 2.24) is 4.57 Å². The maximum absolute atomic E-state index is 2.42. The van der Waals surface area contributed by atoms with Crippen molar-refractivity contribution in [3.8, 4) is 61.3 Å². The van der Waals surface area contributed by atoms with Crippen LogP contribution in [0.3, 0.4) is 0 Å². The zero-order valence-electron chi connectivity index (χ0n) is 38.5. The van der Waals surface area contributed by atoms with Gasteiger partial charge in [0.25, 0.3) is 0 Å². The second-order valence-electron chi connectivity index (χ2n) is 18.0. The van der Waals surface area contributed by atoms with E-state index in [4.69, 9.17) is 0 Å². The van der Waals surface area contributed by atoms with Gasteiger partial charge in [0.2, 0.25) is 0 Å². The molecule has 0 radical (unpaired) electrons. The Bertz CT molecular complexity index is 4020. The van der Waals surface area contributed by atoms with Crippen molar-refractivity contribution in [2.45, 2.75) is 0 Å². The second-order valence-corrected chi connectivity index (χ2v) is 18.0. The third kappa shape index (κ3) is 7.13. The van der Waals surface area contributed by atoms with Gasteiger partial charge >= 0.3 is 0 Å². The summed E-state index contributed by atoms with van der Waals surface area (Å²) in [5.41, 5.74) is 18.7. The number of hydrogen-bond acceptors (Lipinski definition) is 1. The van der Waals surface area contributed by atoms with E-state index in [-0.39, 0.29) is 0 Å². The summed E-state index contributed by atoms with van der Waals surface area (Å²) in [7, 11) is 0. The molecule has 0 atom stereocenters. The highest BCUT2D eigenvalue weighted by atomic mass is 15.1. The van der Waals surface area contributed by atoms with Crippen LogP contribution in [-0.4, -0.2) is 4.57 Å². The van der Waals surface area contributed by atoms with E-state index >= 15 is 0 Å². The summed E-state index contributed by atoms with van der Waals surface area (Å²) in [6.45, 7) is 0. The van der Waals surface area contributed by atoms with E-state index in [1.807, 2.05) is 0 Å². The van der Waals surface area contributed by atoms with Crippen LogP contribution in [0.2, 0.25) is 0 Å². The number of nitrogens with zero attached hydrogens (tertiary/aromatic N) is 2. The minimum atomic E-state index is 1.08. The molecule has 1 aromatic heterocycles. The van der Waals surface area contributed by atoms with E-state index in [9.17, 15) is 0 Å². The molecule has 0 unspecified atom stereocenters. The van der Waals surface area contributed by atoms with Crippen LogP contribution in [0, 0.1) is 0 Å². The summed E-state index contributed by atoms with van der Waals surface area (Å²) in [6, 6.07) is 102. The van der Waals surface area contributed by atoms with Crippen molar-refractivity contribution in [2.24, 2.45) is 0 Å². The van der Waals surface area contributed by atoms with Crippen molar-refractivity contribution in [3.05, 3.63) is 279 Å². The molecule has 0 aliphatic rings. The predicted octanol–water partition coefficient (Wildman–Crippen LogP) is 18.9. The molecule has 13 aromatic rings. The number of rotatable bonds is 9. The minimum Gasteiger partial charge on any atom is -0.310 e. The summed E-state index contributed by atoms with van der Waals surface area (Å²) in [5.74, 6) is 0. The summed E-state index contributed by atoms with van der Waals surface area (Å²) in [4.78, 5) is 2.41. The van der Waals surface area contributed by atoms with Gasteiger partial charge in [0.1, 0.15) is 0 Å².